The van der Waals surface area contributed by atoms with E-state index >= 15 is 0 Å². The van der Waals surface area contributed by atoms with Crippen LogP contribution in [0.5, 0.6) is 0 Å². The smallest absolute Gasteiger partial charge is 0.264 e. The summed E-state index contributed by atoms with van der Waals surface area (Å²) in [5.41, 5.74) is 0.294. The molecule has 1 N–H and O–H groups in total. The number of halogens is 4. The molecular weight excluding hydrogens is 455 g/mol. The molecule has 0 saturated carbocycles. The van der Waals surface area contributed by atoms with Gasteiger partial charge in [-0.2, -0.15) is 0 Å². The Morgan fingerprint density at radius 3 is 2.30 bits per heavy atom. The Balaban J connectivity index is 2.50. The van der Waals surface area contributed by atoms with Gasteiger partial charge in [0.1, 0.15) is 9.50 Å². The Morgan fingerprint density at radius 1 is 1.15 bits per heavy atom. The van der Waals surface area contributed by atoms with Gasteiger partial charge in [-0.15, -0.1) is 0 Å². The van der Waals surface area contributed by atoms with Gasteiger partial charge in [-0.1, -0.05) is 39.1 Å². The molecule has 0 saturated heterocycles. The van der Waals surface area contributed by atoms with E-state index in [2.05, 4.69) is 41.6 Å². The minimum absolute atomic E-state index is 0.0249. The number of rotatable bonds is 3. The SMILES string of the molecule is O=S(=O)(Nc1cccnc1Br)c1c(Cl)cc(Br)cc1Cl. The van der Waals surface area contributed by atoms with Gasteiger partial charge in [-0.3, -0.25) is 4.72 Å². The van der Waals surface area contributed by atoms with Gasteiger partial charge < -0.3 is 0 Å². The van der Waals surface area contributed by atoms with E-state index < -0.39 is 10.0 Å². The third kappa shape index (κ3) is 3.46. The lowest BCUT2D eigenvalue weighted by Gasteiger charge is -2.12. The Hall–Kier alpha value is -0.340. The second-order valence-corrected chi connectivity index (χ2v) is 7.75. The van der Waals surface area contributed by atoms with Gasteiger partial charge in [0.05, 0.1) is 15.7 Å². The highest BCUT2D eigenvalue weighted by Gasteiger charge is 2.23. The Bertz CT molecular complexity index is 746. The van der Waals surface area contributed by atoms with E-state index in [0.29, 0.717) is 14.8 Å². The van der Waals surface area contributed by atoms with Crippen LogP contribution in [0.25, 0.3) is 0 Å². The average molecular weight is 461 g/mol. The Kier molecular flexibility index (Phi) is 4.96. The van der Waals surface area contributed by atoms with E-state index in [-0.39, 0.29) is 14.9 Å². The predicted octanol–water partition coefficient (Wildman–Crippen LogP) is 4.71. The molecule has 0 atom stereocenters. The summed E-state index contributed by atoms with van der Waals surface area (Å²) < 4.78 is 28.1. The summed E-state index contributed by atoms with van der Waals surface area (Å²) in [4.78, 5) is 3.75. The largest absolute Gasteiger partial charge is 0.277 e. The first-order valence-electron chi connectivity index (χ1n) is 5.09. The van der Waals surface area contributed by atoms with Crippen LogP contribution in [0.3, 0.4) is 0 Å². The van der Waals surface area contributed by atoms with E-state index in [0.717, 1.165) is 0 Å². The molecule has 4 nitrogen and oxygen atoms in total. The lowest BCUT2D eigenvalue weighted by Crippen LogP contribution is -2.14. The lowest BCUT2D eigenvalue weighted by atomic mass is 10.4. The zero-order valence-corrected chi connectivity index (χ0v) is 15.1. The van der Waals surface area contributed by atoms with Crippen LogP contribution in [-0.4, -0.2) is 13.4 Å². The molecule has 20 heavy (non-hydrogen) atoms. The maximum Gasteiger partial charge on any atom is 0.264 e. The van der Waals surface area contributed by atoms with E-state index in [9.17, 15) is 8.42 Å². The molecule has 2 aromatic rings. The summed E-state index contributed by atoms with van der Waals surface area (Å²) >= 11 is 18.3. The highest BCUT2D eigenvalue weighted by molar-refractivity contribution is 9.10. The van der Waals surface area contributed by atoms with E-state index in [1.807, 2.05) is 0 Å². The van der Waals surface area contributed by atoms with Crippen molar-refractivity contribution in [1.29, 1.82) is 0 Å². The molecule has 0 aliphatic heterocycles. The second kappa shape index (κ2) is 6.19. The maximum atomic E-state index is 12.4. The van der Waals surface area contributed by atoms with Gasteiger partial charge in [-0.25, -0.2) is 13.4 Å². The molecule has 2 rings (SSSR count). The van der Waals surface area contributed by atoms with E-state index in [1.165, 1.54) is 18.3 Å². The number of hydrogen-bond donors (Lipinski definition) is 1. The first-order valence-corrected chi connectivity index (χ1v) is 8.91. The first-order chi connectivity index (χ1) is 9.31. The predicted molar refractivity (Wildman–Crippen MR) is 86.9 cm³/mol. The zero-order chi connectivity index (χ0) is 14.9. The molecule has 1 aromatic heterocycles. The van der Waals surface area contributed by atoms with Crippen molar-refractivity contribution in [2.45, 2.75) is 4.90 Å². The minimum Gasteiger partial charge on any atom is -0.277 e. The zero-order valence-electron chi connectivity index (χ0n) is 9.57. The molecule has 0 bridgehead atoms. The molecule has 0 amide bonds. The molecule has 0 aliphatic rings. The minimum atomic E-state index is -3.92. The van der Waals surface area contributed by atoms with Crippen molar-refractivity contribution in [2.75, 3.05) is 4.72 Å². The van der Waals surface area contributed by atoms with Crippen LogP contribution in [0.4, 0.5) is 5.69 Å². The molecule has 0 fully saturated rings. The van der Waals surface area contributed by atoms with Crippen LogP contribution in [0, 0.1) is 0 Å². The third-order valence-electron chi connectivity index (χ3n) is 2.24. The van der Waals surface area contributed by atoms with Crippen LogP contribution >= 0.6 is 55.1 Å². The number of hydrogen-bond acceptors (Lipinski definition) is 3. The third-order valence-corrected chi connectivity index (χ3v) is 5.61. The van der Waals surface area contributed by atoms with Gasteiger partial charge in [0, 0.05) is 10.7 Å². The van der Waals surface area contributed by atoms with Crippen LogP contribution < -0.4 is 4.72 Å². The Labute approximate surface area is 142 Å². The molecule has 9 heteroatoms. The van der Waals surface area contributed by atoms with Gasteiger partial charge >= 0.3 is 0 Å². The molecule has 106 valence electrons. The van der Waals surface area contributed by atoms with Crippen molar-refractivity contribution in [1.82, 2.24) is 4.98 Å². The second-order valence-electron chi connectivity index (χ2n) is 3.65. The van der Waals surface area contributed by atoms with Crippen LogP contribution in [-0.2, 0) is 10.0 Å². The van der Waals surface area contributed by atoms with Crippen molar-refractivity contribution < 1.29 is 8.42 Å². The van der Waals surface area contributed by atoms with Crippen molar-refractivity contribution in [3.8, 4) is 0 Å². The summed E-state index contributed by atoms with van der Waals surface area (Å²) in [6.07, 6.45) is 1.53. The quantitative estimate of drug-likeness (QED) is 0.674. The van der Waals surface area contributed by atoms with Gasteiger partial charge in [0.2, 0.25) is 0 Å². The summed E-state index contributed by atoms with van der Waals surface area (Å²) in [6.45, 7) is 0. The highest BCUT2D eigenvalue weighted by Crippen LogP contribution is 2.34. The number of nitrogens with zero attached hydrogens (tertiary/aromatic N) is 1. The lowest BCUT2D eigenvalue weighted by molar-refractivity contribution is 0.601. The number of aromatic nitrogens is 1. The van der Waals surface area contributed by atoms with Crippen LogP contribution in [0.2, 0.25) is 10.0 Å². The number of nitrogens with one attached hydrogen (secondary N) is 1. The fourth-order valence-corrected chi connectivity index (χ4v) is 4.93. The molecule has 1 aromatic carbocycles. The van der Waals surface area contributed by atoms with Crippen molar-refractivity contribution >= 4 is 70.8 Å². The molecule has 0 spiro atoms. The van der Waals surface area contributed by atoms with Gasteiger partial charge in [-0.05, 0) is 40.2 Å². The van der Waals surface area contributed by atoms with Crippen molar-refractivity contribution in [2.24, 2.45) is 0 Å². The Morgan fingerprint density at radius 2 is 1.75 bits per heavy atom. The first kappa shape index (κ1) is 16.0. The maximum absolute atomic E-state index is 12.4. The number of anilines is 1. The van der Waals surface area contributed by atoms with Gasteiger partial charge in [0.25, 0.3) is 10.0 Å². The van der Waals surface area contributed by atoms with E-state index in [4.69, 9.17) is 23.2 Å². The van der Waals surface area contributed by atoms with Crippen molar-refractivity contribution in [3.63, 3.8) is 0 Å². The standard InChI is InChI=1S/C11H6Br2Cl2N2O2S/c12-6-4-7(14)10(8(15)5-6)20(18,19)17-9-2-1-3-16-11(9)13/h1-5,17H. The average Bonchev–Trinajstić information content (AvgIpc) is 2.30. The summed E-state index contributed by atoms with van der Waals surface area (Å²) in [5.74, 6) is 0. The summed E-state index contributed by atoms with van der Waals surface area (Å²) in [6, 6.07) is 6.09. The van der Waals surface area contributed by atoms with Crippen LogP contribution in [0.15, 0.2) is 44.4 Å². The molecule has 1 heterocycles. The highest BCUT2D eigenvalue weighted by atomic mass is 79.9. The monoisotopic (exact) mass is 458 g/mol. The molecule has 0 radical (unpaired) electrons. The molecular formula is C11H6Br2Cl2N2O2S. The number of benzene rings is 1. The summed E-state index contributed by atoms with van der Waals surface area (Å²) in [7, 11) is -3.92. The normalized spacial score (nSPS) is 11.4. The molecule has 0 aliphatic carbocycles. The topological polar surface area (TPSA) is 59.1 Å². The number of sulfonamides is 1. The number of pyridine rings is 1. The molecule has 0 unspecified atom stereocenters. The van der Waals surface area contributed by atoms with E-state index in [1.54, 1.807) is 12.1 Å². The van der Waals surface area contributed by atoms with Crippen molar-refractivity contribution in [3.05, 3.63) is 49.6 Å². The van der Waals surface area contributed by atoms with Gasteiger partial charge in [0.15, 0.2) is 0 Å². The fraction of sp³-hybridized carbons (Fsp3) is 0. The fourth-order valence-electron chi connectivity index (χ4n) is 1.44. The van der Waals surface area contributed by atoms with Crippen LogP contribution in [0.1, 0.15) is 0 Å². The summed E-state index contributed by atoms with van der Waals surface area (Å²) in [5, 5.41) is 0.0498.